The second-order valence-electron chi connectivity index (χ2n) is 2.65. The largest absolute Gasteiger partial charge is 0.491 e. The maximum Gasteiger partial charge on any atom is 0.122 e. The van der Waals surface area contributed by atoms with Gasteiger partial charge in [0.05, 0.1) is 0 Å². The van der Waals surface area contributed by atoms with Crippen molar-refractivity contribution in [1.82, 2.24) is 0 Å². The summed E-state index contributed by atoms with van der Waals surface area (Å²) in [6.07, 6.45) is 2.59. The second kappa shape index (κ2) is 5.38. The van der Waals surface area contributed by atoms with E-state index in [0.717, 1.165) is 17.7 Å². The second-order valence-corrected chi connectivity index (χ2v) is 2.65. The monoisotopic (exact) mass is 179 g/mol. The predicted molar refractivity (Wildman–Crippen MR) is 51.4 cm³/mol. The molecule has 0 amide bonds. The maximum absolute atomic E-state index is 10.2. The van der Waals surface area contributed by atoms with Crippen molar-refractivity contribution < 1.29 is 9.84 Å². The van der Waals surface area contributed by atoms with Crippen LogP contribution in [0, 0.1) is 0 Å². The average molecular weight is 179 g/mol. The normalized spacial score (nSPS) is 9.62. The van der Waals surface area contributed by atoms with Gasteiger partial charge in [0.2, 0.25) is 0 Å². The molecule has 2 heteroatoms. The van der Waals surface area contributed by atoms with Gasteiger partial charge in [0.25, 0.3) is 0 Å². The van der Waals surface area contributed by atoms with Crippen LogP contribution in [0.5, 0.6) is 5.75 Å². The topological polar surface area (TPSA) is 29.1 Å². The molecule has 0 heterocycles. The number of ether oxygens (including phenoxy) is 1. The molecule has 0 aromatic heterocycles. The Hall–Kier alpha value is -1.28. The molecule has 0 saturated heterocycles. The van der Waals surface area contributed by atoms with E-state index in [4.69, 9.17) is 4.74 Å². The van der Waals surface area contributed by atoms with Crippen molar-refractivity contribution in [3.8, 4) is 5.75 Å². The lowest BCUT2D eigenvalue weighted by Crippen LogP contribution is -2.02. The molecule has 0 aliphatic carbocycles. The summed E-state index contributed by atoms with van der Waals surface area (Å²) < 4.78 is 5.28. The lowest BCUT2D eigenvalue weighted by Gasteiger charge is -2.07. The first kappa shape index (κ1) is 9.81. The molecule has 1 aromatic carbocycles. The summed E-state index contributed by atoms with van der Waals surface area (Å²) in [6, 6.07) is 7.69. The number of para-hydroxylation sites is 1. The lowest BCUT2D eigenvalue weighted by molar-refractivity contribution is 0.138. The van der Waals surface area contributed by atoms with Crippen LogP contribution in [0.15, 0.2) is 36.9 Å². The zero-order valence-electron chi connectivity index (χ0n) is 7.53. The fourth-order valence-electron chi connectivity index (χ4n) is 1.12. The Morgan fingerprint density at radius 2 is 2.23 bits per heavy atom. The highest BCUT2D eigenvalue weighted by molar-refractivity contribution is 5.34. The highest BCUT2D eigenvalue weighted by atomic mass is 16.7. The molecule has 1 rings (SSSR count). The van der Waals surface area contributed by atoms with Crippen molar-refractivity contribution in [1.29, 1.82) is 0 Å². The molecule has 2 nitrogen and oxygen atoms in total. The number of rotatable bonds is 5. The van der Waals surface area contributed by atoms with E-state index in [-0.39, 0.29) is 13.2 Å². The van der Waals surface area contributed by atoms with Crippen molar-refractivity contribution in [3.05, 3.63) is 42.5 Å². The molecule has 13 heavy (non-hydrogen) atoms. The molecule has 1 aromatic rings. The van der Waals surface area contributed by atoms with Gasteiger partial charge in [0.1, 0.15) is 19.0 Å². The fraction of sp³-hybridized carbons (Fsp3) is 0.273. The Morgan fingerprint density at radius 1 is 1.46 bits per heavy atom. The first-order valence-corrected chi connectivity index (χ1v) is 4.28. The van der Waals surface area contributed by atoms with Crippen LogP contribution in [0.4, 0.5) is 0 Å². The molecule has 69 valence electrons. The van der Waals surface area contributed by atoms with Crippen molar-refractivity contribution >= 4 is 0 Å². The quantitative estimate of drug-likeness (QED) is 0.637. The van der Waals surface area contributed by atoms with Gasteiger partial charge in [-0.05, 0) is 18.1 Å². The van der Waals surface area contributed by atoms with Crippen LogP contribution in [-0.4, -0.2) is 13.2 Å². The van der Waals surface area contributed by atoms with E-state index in [2.05, 4.69) is 6.58 Å². The minimum atomic E-state index is -0.206. The summed E-state index contributed by atoms with van der Waals surface area (Å²) in [5, 5.41) is 10.2. The van der Waals surface area contributed by atoms with E-state index in [1.54, 1.807) is 0 Å². The smallest absolute Gasteiger partial charge is 0.122 e. The molecule has 0 spiro atoms. The summed E-state index contributed by atoms with van der Waals surface area (Å²) >= 11 is 0. The van der Waals surface area contributed by atoms with Crippen LogP contribution in [0.3, 0.4) is 0 Å². The minimum absolute atomic E-state index is 0.206. The van der Waals surface area contributed by atoms with Gasteiger partial charge in [0, 0.05) is 0 Å². The molecule has 0 unspecified atom stereocenters. The van der Waals surface area contributed by atoms with Crippen LogP contribution < -0.4 is 4.74 Å². The lowest BCUT2D eigenvalue weighted by atomic mass is 10.1. The number of hydrogen-bond acceptors (Lipinski definition) is 1. The van der Waals surface area contributed by atoms with Crippen LogP contribution in [0.1, 0.15) is 5.56 Å². The summed E-state index contributed by atoms with van der Waals surface area (Å²) in [4.78, 5) is 0. The average Bonchev–Trinajstić information content (AvgIpc) is 2.17. The SMILES string of the molecule is C=CCc1ccccc1O[14CH2]C[O]. The molecule has 0 saturated carbocycles. The van der Waals surface area contributed by atoms with Crippen molar-refractivity contribution in [2.75, 3.05) is 13.2 Å². The molecule has 0 atom stereocenters. The summed E-state index contributed by atoms with van der Waals surface area (Å²) in [6.45, 7) is 3.68. The third kappa shape index (κ3) is 2.92. The van der Waals surface area contributed by atoms with E-state index in [9.17, 15) is 5.11 Å². The van der Waals surface area contributed by atoms with E-state index < -0.39 is 0 Å². The van der Waals surface area contributed by atoms with E-state index in [1.165, 1.54) is 0 Å². The summed E-state index contributed by atoms with van der Waals surface area (Å²) in [5.41, 5.74) is 1.07. The third-order valence-electron chi connectivity index (χ3n) is 1.68. The van der Waals surface area contributed by atoms with Gasteiger partial charge in [-0.3, -0.25) is 0 Å². The van der Waals surface area contributed by atoms with Crippen LogP contribution in [0.2, 0.25) is 0 Å². The van der Waals surface area contributed by atoms with Gasteiger partial charge in [-0.2, -0.15) is 0 Å². The molecular formula is C11H13O2. The van der Waals surface area contributed by atoms with Crippen molar-refractivity contribution in [3.63, 3.8) is 0 Å². The molecule has 0 N–H and O–H groups in total. The van der Waals surface area contributed by atoms with Crippen LogP contribution in [0.25, 0.3) is 0 Å². The number of benzene rings is 1. The Bertz CT molecular complexity index is 269. The molecule has 0 bridgehead atoms. The third-order valence-corrected chi connectivity index (χ3v) is 1.68. The zero-order chi connectivity index (χ0) is 9.52. The van der Waals surface area contributed by atoms with Crippen molar-refractivity contribution in [2.45, 2.75) is 6.42 Å². The van der Waals surface area contributed by atoms with Gasteiger partial charge < -0.3 is 4.74 Å². The highest BCUT2D eigenvalue weighted by Crippen LogP contribution is 2.18. The van der Waals surface area contributed by atoms with Gasteiger partial charge >= 0.3 is 0 Å². The first-order valence-electron chi connectivity index (χ1n) is 4.28. The zero-order valence-corrected chi connectivity index (χ0v) is 7.53. The molecule has 1 radical (unpaired) electrons. The van der Waals surface area contributed by atoms with Crippen LogP contribution in [-0.2, 0) is 11.5 Å². The Labute approximate surface area is 78.5 Å². The van der Waals surface area contributed by atoms with Gasteiger partial charge in [-0.15, -0.1) is 6.58 Å². The Balaban J connectivity index is 2.71. The minimum Gasteiger partial charge on any atom is -0.491 e. The van der Waals surface area contributed by atoms with Crippen LogP contribution >= 0.6 is 0 Å². The highest BCUT2D eigenvalue weighted by Gasteiger charge is 1.99. The summed E-state index contributed by atoms with van der Waals surface area (Å²) in [7, 11) is 0. The Kier molecular flexibility index (Phi) is 4.06. The van der Waals surface area contributed by atoms with Gasteiger partial charge in [-0.1, -0.05) is 24.3 Å². The fourth-order valence-corrected chi connectivity index (χ4v) is 1.12. The number of allylic oxidation sites excluding steroid dienone is 1. The summed E-state index contributed by atoms with van der Waals surface area (Å²) in [5.74, 6) is 0.790. The number of hydrogen-bond donors (Lipinski definition) is 0. The van der Waals surface area contributed by atoms with Gasteiger partial charge in [-0.25, -0.2) is 5.11 Å². The van der Waals surface area contributed by atoms with E-state index in [1.807, 2.05) is 30.3 Å². The molecule has 0 aliphatic heterocycles. The maximum atomic E-state index is 10.2. The standard InChI is InChI=1S/C11H13O2/c1-2-5-10-6-3-4-7-11(10)13-9-8-12/h2-4,6-7H,1,5,8-9H2/i9+2. The molecule has 0 aliphatic rings. The Morgan fingerprint density at radius 3 is 2.92 bits per heavy atom. The van der Waals surface area contributed by atoms with Gasteiger partial charge in [0.15, 0.2) is 0 Å². The van der Waals surface area contributed by atoms with Crippen molar-refractivity contribution in [2.24, 2.45) is 0 Å². The van der Waals surface area contributed by atoms with E-state index in [0.29, 0.717) is 0 Å². The molecule has 0 fully saturated rings. The van der Waals surface area contributed by atoms with E-state index >= 15 is 0 Å². The molecular weight excluding hydrogens is 166 g/mol. The first-order chi connectivity index (χ1) is 6.38. The predicted octanol–water partition coefficient (Wildman–Crippen LogP) is 2.22.